The molecule has 0 aromatic heterocycles. The first-order valence-electron chi connectivity index (χ1n) is 7.31. The highest BCUT2D eigenvalue weighted by Gasteiger charge is 2.11. The first-order valence-corrected chi connectivity index (χ1v) is 9.13. The van der Waals surface area contributed by atoms with Crippen LogP contribution in [-0.2, 0) is 16.3 Å². The Morgan fingerprint density at radius 2 is 1.75 bits per heavy atom. The van der Waals surface area contributed by atoms with Gasteiger partial charge in [-0.2, -0.15) is 0 Å². The summed E-state index contributed by atoms with van der Waals surface area (Å²) in [4.78, 5) is 0. The fraction of sp³-hybridized carbons (Fsp3) is 0.625. The van der Waals surface area contributed by atoms with Gasteiger partial charge in [-0.25, -0.2) is 8.42 Å². The van der Waals surface area contributed by atoms with E-state index in [2.05, 4.69) is 13.8 Å². The van der Waals surface area contributed by atoms with Crippen molar-refractivity contribution in [2.24, 2.45) is 5.92 Å². The number of hydrogen-bond donors (Lipinski definition) is 1. The summed E-state index contributed by atoms with van der Waals surface area (Å²) in [6.07, 6.45) is 1.45. The van der Waals surface area contributed by atoms with Gasteiger partial charge < -0.3 is 5.11 Å². The first kappa shape index (κ1) is 17.2. The smallest absolute Gasteiger partial charge is 0.150 e. The number of aliphatic hydroxyl groups excluding tert-OH is 1. The average Bonchev–Trinajstić information content (AvgIpc) is 2.38. The van der Waals surface area contributed by atoms with Gasteiger partial charge in [-0.1, -0.05) is 45.0 Å². The summed E-state index contributed by atoms with van der Waals surface area (Å²) >= 11 is 0. The van der Waals surface area contributed by atoms with Crippen LogP contribution in [0.2, 0.25) is 0 Å². The molecule has 0 aliphatic rings. The van der Waals surface area contributed by atoms with Crippen LogP contribution in [0.25, 0.3) is 0 Å². The maximum absolute atomic E-state index is 11.4. The molecule has 0 saturated heterocycles. The van der Waals surface area contributed by atoms with E-state index in [0.717, 1.165) is 12.0 Å². The van der Waals surface area contributed by atoms with Crippen molar-refractivity contribution in [2.75, 3.05) is 11.5 Å². The second kappa shape index (κ2) is 7.79. The molecule has 1 rings (SSSR count). The SMILES string of the molecule is CCS(=O)(=O)CCCC(O)c1ccc(CC(C)C)cc1. The lowest BCUT2D eigenvalue weighted by atomic mass is 9.99. The molecule has 0 bridgehead atoms. The van der Waals surface area contributed by atoms with Crippen molar-refractivity contribution in [2.45, 2.75) is 46.1 Å². The summed E-state index contributed by atoms with van der Waals surface area (Å²) in [5.74, 6) is 0.948. The minimum absolute atomic E-state index is 0.159. The third-order valence-electron chi connectivity index (χ3n) is 3.38. The molecule has 0 spiro atoms. The fourth-order valence-corrected chi connectivity index (χ4v) is 3.05. The van der Waals surface area contributed by atoms with E-state index in [4.69, 9.17) is 0 Å². The van der Waals surface area contributed by atoms with Crippen LogP contribution in [0.15, 0.2) is 24.3 Å². The van der Waals surface area contributed by atoms with Crippen molar-refractivity contribution in [3.8, 4) is 0 Å². The van der Waals surface area contributed by atoms with Crippen LogP contribution < -0.4 is 0 Å². The van der Waals surface area contributed by atoms with Crippen molar-refractivity contribution in [1.82, 2.24) is 0 Å². The highest BCUT2D eigenvalue weighted by Crippen LogP contribution is 2.20. The third-order valence-corrected chi connectivity index (χ3v) is 5.17. The molecule has 0 aliphatic heterocycles. The van der Waals surface area contributed by atoms with E-state index in [1.165, 1.54) is 5.56 Å². The highest BCUT2D eigenvalue weighted by atomic mass is 32.2. The van der Waals surface area contributed by atoms with Gasteiger partial charge in [-0.15, -0.1) is 0 Å². The lowest BCUT2D eigenvalue weighted by Gasteiger charge is -2.12. The molecule has 1 aromatic carbocycles. The standard InChI is InChI=1S/C16H26O3S/c1-4-20(18,19)11-5-6-16(17)15-9-7-14(8-10-15)12-13(2)3/h7-10,13,16-17H,4-6,11-12H2,1-3H3. The summed E-state index contributed by atoms with van der Waals surface area (Å²) in [7, 11) is -2.93. The predicted molar refractivity (Wildman–Crippen MR) is 83.5 cm³/mol. The summed E-state index contributed by atoms with van der Waals surface area (Å²) in [5.41, 5.74) is 2.14. The summed E-state index contributed by atoms with van der Waals surface area (Å²) in [6.45, 7) is 6.01. The highest BCUT2D eigenvalue weighted by molar-refractivity contribution is 7.91. The molecule has 4 heteroatoms. The van der Waals surface area contributed by atoms with Gasteiger partial charge in [-0.05, 0) is 36.3 Å². The molecule has 1 unspecified atom stereocenters. The van der Waals surface area contributed by atoms with Gasteiger partial charge in [-0.3, -0.25) is 0 Å². The molecule has 1 atom stereocenters. The van der Waals surface area contributed by atoms with Gasteiger partial charge in [0.25, 0.3) is 0 Å². The molecular formula is C16H26O3S. The normalized spacial score (nSPS) is 13.7. The minimum Gasteiger partial charge on any atom is -0.388 e. The zero-order valence-electron chi connectivity index (χ0n) is 12.7. The number of rotatable bonds is 8. The fourth-order valence-electron chi connectivity index (χ4n) is 2.15. The van der Waals surface area contributed by atoms with Crippen molar-refractivity contribution in [1.29, 1.82) is 0 Å². The predicted octanol–water partition coefficient (Wildman–Crippen LogP) is 3.13. The van der Waals surface area contributed by atoms with E-state index in [1.54, 1.807) is 6.92 Å². The Labute approximate surface area is 123 Å². The number of sulfone groups is 1. The van der Waals surface area contributed by atoms with Gasteiger partial charge in [0.1, 0.15) is 9.84 Å². The van der Waals surface area contributed by atoms with Crippen LogP contribution in [0.3, 0.4) is 0 Å². The van der Waals surface area contributed by atoms with Gasteiger partial charge >= 0.3 is 0 Å². The molecule has 114 valence electrons. The van der Waals surface area contributed by atoms with E-state index in [1.807, 2.05) is 24.3 Å². The largest absolute Gasteiger partial charge is 0.388 e. The second-order valence-electron chi connectivity index (χ2n) is 5.73. The van der Waals surface area contributed by atoms with Crippen molar-refractivity contribution in [3.05, 3.63) is 35.4 Å². The minimum atomic E-state index is -2.93. The molecule has 1 N–H and O–H groups in total. The molecule has 20 heavy (non-hydrogen) atoms. The van der Waals surface area contributed by atoms with Crippen LogP contribution in [0, 0.1) is 5.92 Å². The maximum atomic E-state index is 11.4. The molecule has 0 amide bonds. The molecule has 0 radical (unpaired) electrons. The topological polar surface area (TPSA) is 54.4 Å². The van der Waals surface area contributed by atoms with Crippen LogP contribution in [0.4, 0.5) is 0 Å². The van der Waals surface area contributed by atoms with Gasteiger partial charge in [0, 0.05) is 5.75 Å². The lowest BCUT2D eigenvalue weighted by molar-refractivity contribution is 0.166. The Kier molecular flexibility index (Phi) is 6.69. The van der Waals surface area contributed by atoms with Crippen molar-refractivity contribution in [3.63, 3.8) is 0 Å². The molecule has 0 saturated carbocycles. The van der Waals surface area contributed by atoms with Gasteiger partial charge in [0.05, 0.1) is 11.9 Å². The Hall–Kier alpha value is -0.870. The zero-order valence-corrected chi connectivity index (χ0v) is 13.5. The van der Waals surface area contributed by atoms with E-state index in [-0.39, 0.29) is 11.5 Å². The van der Waals surface area contributed by atoms with E-state index in [9.17, 15) is 13.5 Å². The number of aliphatic hydroxyl groups is 1. The van der Waals surface area contributed by atoms with E-state index < -0.39 is 15.9 Å². The van der Waals surface area contributed by atoms with Crippen LogP contribution in [0.1, 0.15) is 50.8 Å². The van der Waals surface area contributed by atoms with Gasteiger partial charge in [0.2, 0.25) is 0 Å². The molecule has 0 fully saturated rings. The van der Waals surface area contributed by atoms with Crippen molar-refractivity contribution >= 4 is 9.84 Å². The second-order valence-corrected chi connectivity index (χ2v) is 8.21. The first-order chi connectivity index (χ1) is 9.34. The molecule has 0 heterocycles. The number of hydrogen-bond acceptors (Lipinski definition) is 3. The molecule has 0 aliphatic carbocycles. The summed E-state index contributed by atoms with van der Waals surface area (Å²) in [5, 5.41) is 10.1. The Balaban J connectivity index is 2.49. The maximum Gasteiger partial charge on any atom is 0.150 e. The van der Waals surface area contributed by atoms with E-state index >= 15 is 0 Å². The van der Waals surface area contributed by atoms with Gasteiger partial charge in [0.15, 0.2) is 0 Å². The Morgan fingerprint density at radius 3 is 2.25 bits per heavy atom. The van der Waals surface area contributed by atoms with Crippen LogP contribution in [0.5, 0.6) is 0 Å². The number of benzene rings is 1. The van der Waals surface area contributed by atoms with Crippen molar-refractivity contribution < 1.29 is 13.5 Å². The van der Waals surface area contributed by atoms with Crippen LogP contribution in [-0.4, -0.2) is 25.0 Å². The molecular weight excluding hydrogens is 272 g/mol. The quantitative estimate of drug-likeness (QED) is 0.802. The molecule has 1 aromatic rings. The van der Waals surface area contributed by atoms with E-state index in [0.29, 0.717) is 18.8 Å². The summed E-state index contributed by atoms with van der Waals surface area (Å²) in [6, 6.07) is 7.97. The zero-order chi connectivity index (χ0) is 15.2. The average molecular weight is 298 g/mol. The summed E-state index contributed by atoms with van der Waals surface area (Å²) < 4.78 is 22.8. The lowest BCUT2D eigenvalue weighted by Crippen LogP contribution is -2.10. The monoisotopic (exact) mass is 298 g/mol. The Bertz CT molecular complexity index is 489. The Morgan fingerprint density at radius 1 is 1.15 bits per heavy atom. The van der Waals surface area contributed by atoms with Crippen LogP contribution >= 0.6 is 0 Å². The molecule has 3 nitrogen and oxygen atoms in total. The third kappa shape index (κ3) is 6.06.